The molecular weight excluding hydrogens is 606 g/mol. The molecule has 8 nitrogen and oxygen atoms in total. The first-order valence-corrected chi connectivity index (χ1v) is 15.5. The number of carbonyl (C=O) groups excluding carboxylic acids is 3. The van der Waals surface area contributed by atoms with Crippen LogP contribution in [0.3, 0.4) is 0 Å². The highest BCUT2D eigenvalue weighted by molar-refractivity contribution is 8.00. The highest BCUT2D eigenvalue weighted by Gasteiger charge is 2.56. The molecule has 3 atom stereocenters. The second-order valence-corrected chi connectivity index (χ2v) is 12.8. The molecule has 11 heteroatoms. The molecule has 0 aliphatic carbocycles. The molecule has 0 radical (unpaired) electrons. The Bertz CT molecular complexity index is 1950. The Labute approximate surface area is 258 Å². The Morgan fingerprint density at radius 2 is 1.65 bits per heavy atom. The second-order valence-electron chi connectivity index (χ2n) is 10.2. The number of nitrogens with zero attached hydrogens (tertiary/aromatic N) is 1. The van der Waals surface area contributed by atoms with E-state index < -0.39 is 17.1 Å². The maximum Gasteiger partial charge on any atom is 0.305 e. The molecule has 7 rings (SSSR count). The van der Waals surface area contributed by atoms with Gasteiger partial charge in [0, 0.05) is 26.9 Å². The zero-order valence-electron chi connectivity index (χ0n) is 22.3. The van der Waals surface area contributed by atoms with Crippen LogP contribution in [0, 0.1) is 5.92 Å². The van der Waals surface area contributed by atoms with Crippen LogP contribution < -0.4 is 19.8 Å². The summed E-state index contributed by atoms with van der Waals surface area (Å²) in [6.45, 7) is -0.194. The molecule has 1 aromatic heterocycles. The fourth-order valence-electron chi connectivity index (χ4n) is 5.66. The van der Waals surface area contributed by atoms with Crippen molar-refractivity contribution in [1.82, 2.24) is 4.98 Å². The van der Waals surface area contributed by atoms with Crippen molar-refractivity contribution >= 4 is 74.6 Å². The van der Waals surface area contributed by atoms with Crippen LogP contribution in [-0.4, -0.2) is 34.6 Å². The highest BCUT2D eigenvalue weighted by Crippen LogP contribution is 2.53. The number of hydrogen-bond acceptors (Lipinski definition) is 7. The number of thioether (sulfide) groups is 1. The van der Waals surface area contributed by atoms with Gasteiger partial charge < -0.3 is 15.0 Å². The number of benzene rings is 4. The zero-order chi connectivity index (χ0) is 29.7. The van der Waals surface area contributed by atoms with Gasteiger partial charge in [-0.3, -0.25) is 19.2 Å². The van der Waals surface area contributed by atoms with Crippen molar-refractivity contribution in [2.24, 2.45) is 5.92 Å². The zero-order valence-corrected chi connectivity index (χ0v) is 24.7. The van der Waals surface area contributed by atoms with Crippen molar-refractivity contribution in [2.75, 3.05) is 16.8 Å². The van der Waals surface area contributed by atoms with Gasteiger partial charge in [-0.25, -0.2) is 4.90 Å². The minimum Gasteiger partial charge on any atom is -0.484 e. The second kappa shape index (κ2) is 11.0. The number of halogens is 1. The number of aromatic amines is 1. The van der Waals surface area contributed by atoms with Gasteiger partial charge in [-0.05, 0) is 53.4 Å². The van der Waals surface area contributed by atoms with E-state index in [1.54, 1.807) is 36.4 Å². The molecule has 2 aliphatic rings. The third-order valence-corrected chi connectivity index (χ3v) is 10.2. The summed E-state index contributed by atoms with van der Waals surface area (Å²) in [4.78, 5) is 56.9. The van der Waals surface area contributed by atoms with E-state index in [0.717, 1.165) is 32.5 Å². The molecule has 1 saturated heterocycles. The maximum absolute atomic E-state index is 13.8. The van der Waals surface area contributed by atoms with Crippen LogP contribution in [0.15, 0.2) is 101 Å². The van der Waals surface area contributed by atoms with E-state index in [1.165, 1.54) is 16.7 Å². The highest BCUT2D eigenvalue weighted by atomic mass is 35.5. The van der Waals surface area contributed by atoms with E-state index in [-0.39, 0.29) is 29.2 Å². The minimum atomic E-state index is -0.703. The lowest BCUT2D eigenvalue weighted by Gasteiger charge is -2.29. The Morgan fingerprint density at radius 1 is 0.907 bits per heavy atom. The van der Waals surface area contributed by atoms with Gasteiger partial charge in [0.25, 0.3) is 5.91 Å². The van der Waals surface area contributed by atoms with Crippen LogP contribution in [0.25, 0.3) is 10.8 Å². The lowest BCUT2D eigenvalue weighted by Crippen LogP contribution is -2.32. The van der Waals surface area contributed by atoms with Crippen molar-refractivity contribution in [3.63, 3.8) is 0 Å². The number of aromatic nitrogens is 1. The molecule has 2 unspecified atom stereocenters. The standard InChI is InChI=1S/C32H22ClN3O5S2/c33-19-10-12-20(13-11-19)36-30(38)26-25(27-29(35-32(40)43-27)42-28(26)31(36)39)18-8-14-21(15-9-18)41-16-24(37)34-23-7-3-5-17-4-1-2-6-22(17)23/h1-15,25-26,28H,16H2,(H,34,37)(H,35,40)/t25-,26?,28?/m1/s1. The quantitative estimate of drug-likeness (QED) is 0.222. The van der Waals surface area contributed by atoms with Crippen molar-refractivity contribution in [3.05, 3.63) is 116 Å². The molecule has 0 spiro atoms. The first-order chi connectivity index (χ1) is 20.9. The summed E-state index contributed by atoms with van der Waals surface area (Å²) in [7, 11) is 0. The summed E-state index contributed by atoms with van der Waals surface area (Å²) in [5.74, 6) is -1.70. The van der Waals surface area contributed by atoms with Crippen molar-refractivity contribution in [3.8, 4) is 5.75 Å². The number of fused-ring (bicyclic) bond motifs is 3. The van der Waals surface area contributed by atoms with Gasteiger partial charge in [-0.1, -0.05) is 83.2 Å². The molecule has 0 saturated carbocycles. The lowest BCUT2D eigenvalue weighted by atomic mass is 9.83. The van der Waals surface area contributed by atoms with Gasteiger partial charge in [-0.2, -0.15) is 0 Å². The molecule has 3 heterocycles. The fourth-order valence-corrected chi connectivity index (χ4v) is 8.30. The number of carbonyl (C=O) groups is 3. The Balaban J connectivity index is 1.12. The van der Waals surface area contributed by atoms with Crippen molar-refractivity contribution < 1.29 is 19.1 Å². The van der Waals surface area contributed by atoms with Crippen LogP contribution >= 0.6 is 34.7 Å². The normalized spacial score (nSPS) is 19.3. The molecule has 2 aliphatic heterocycles. The van der Waals surface area contributed by atoms with Gasteiger partial charge in [0.1, 0.15) is 11.0 Å². The third kappa shape index (κ3) is 5.01. The predicted octanol–water partition coefficient (Wildman–Crippen LogP) is 6.06. The summed E-state index contributed by atoms with van der Waals surface area (Å²) in [6, 6.07) is 27.2. The maximum atomic E-state index is 13.8. The Hall–Kier alpha value is -4.38. The Morgan fingerprint density at radius 3 is 2.44 bits per heavy atom. The third-order valence-electron chi connectivity index (χ3n) is 7.58. The summed E-state index contributed by atoms with van der Waals surface area (Å²) < 4.78 is 5.77. The molecular formula is C32H22ClN3O5S2. The lowest BCUT2D eigenvalue weighted by molar-refractivity contribution is -0.122. The largest absolute Gasteiger partial charge is 0.484 e. The number of hydrogen-bond donors (Lipinski definition) is 2. The van der Waals surface area contributed by atoms with E-state index >= 15 is 0 Å². The fraction of sp³-hybridized carbons (Fsp3) is 0.125. The predicted molar refractivity (Wildman–Crippen MR) is 168 cm³/mol. The molecule has 0 bridgehead atoms. The Kier molecular flexibility index (Phi) is 7.04. The van der Waals surface area contributed by atoms with Crippen LogP contribution in [0.5, 0.6) is 5.75 Å². The van der Waals surface area contributed by atoms with Gasteiger partial charge in [-0.15, -0.1) is 0 Å². The van der Waals surface area contributed by atoms with Gasteiger partial charge in [0.2, 0.25) is 11.8 Å². The van der Waals surface area contributed by atoms with E-state index in [9.17, 15) is 19.2 Å². The first-order valence-electron chi connectivity index (χ1n) is 13.4. The number of H-pyrrole nitrogens is 1. The summed E-state index contributed by atoms with van der Waals surface area (Å²) in [6.07, 6.45) is 0. The molecule has 4 aromatic carbocycles. The van der Waals surface area contributed by atoms with E-state index in [4.69, 9.17) is 16.3 Å². The average molecular weight is 628 g/mol. The molecule has 43 heavy (non-hydrogen) atoms. The molecule has 5 aromatic rings. The van der Waals surface area contributed by atoms with Gasteiger partial charge >= 0.3 is 4.87 Å². The van der Waals surface area contributed by atoms with Crippen molar-refractivity contribution in [2.45, 2.75) is 16.2 Å². The summed E-state index contributed by atoms with van der Waals surface area (Å²) in [5.41, 5.74) is 1.92. The van der Waals surface area contributed by atoms with Crippen molar-refractivity contribution in [1.29, 1.82) is 0 Å². The molecule has 214 valence electrons. The van der Waals surface area contributed by atoms with Crippen LogP contribution in [0.4, 0.5) is 11.4 Å². The number of imide groups is 1. The summed E-state index contributed by atoms with van der Waals surface area (Å²) in [5, 5.41) is 5.28. The average Bonchev–Trinajstić information content (AvgIpc) is 3.51. The summed E-state index contributed by atoms with van der Waals surface area (Å²) >= 11 is 8.30. The molecule has 2 N–H and O–H groups in total. The van der Waals surface area contributed by atoms with Crippen LogP contribution in [0.1, 0.15) is 16.4 Å². The van der Waals surface area contributed by atoms with Gasteiger partial charge in [0.05, 0.1) is 16.6 Å². The number of amides is 3. The van der Waals surface area contributed by atoms with Gasteiger partial charge in [0.15, 0.2) is 6.61 Å². The van der Waals surface area contributed by atoms with E-state index in [1.807, 2.05) is 54.6 Å². The number of anilines is 2. The van der Waals surface area contributed by atoms with E-state index in [0.29, 0.717) is 27.2 Å². The minimum absolute atomic E-state index is 0.194. The smallest absolute Gasteiger partial charge is 0.305 e. The number of ether oxygens (including phenoxy) is 1. The monoisotopic (exact) mass is 627 g/mol. The number of nitrogens with one attached hydrogen (secondary N) is 2. The van der Waals surface area contributed by atoms with E-state index in [2.05, 4.69) is 10.3 Å². The number of rotatable bonds is 6. The topological polar surface area (TPSA) is 109 Å². The SMILES string of the molecule is O=C(COc1ccc([C@H]2c3sc(=O)[nH]c3SC3C(=O)N(c4ccc(Cl)cc4)C(=O)C32)cc1)Nc1cccc2ccccc12. The van der Waals surface area contributed by atoms with Crippen LogP contribution in [0.2, 0.25) is 5.02 Å². The molecule has 3 amide bonds. The van der Waals surface area contributed by atoms with Crippen LogP contribution in [-0.2, 0) is 14.4 Å². The molecule has 1 fully saturated rings. The number of thiazole rings is 1. The first kappa shape index (κ1) is 27.5.